The van der Waals surface area contributed by atoms with Gasteiger partial charge in [-0.25, -0.2) is 0 Å². The topological polar surface area (TPSA) is 93.3 Å². The third-order valence-corrected chi connectivity index (χ3v) is 5.33. The zero-order chi connectivity index (χ0) is 23.4. The number of amides is 1. The molecule has 4 aromatic rings. The Hall–Kier alpha value is -4.39. The predicted molar refractivity (Wildman–Crippen MR) is 126 cm³/mol. The first-order chi connectivity index (χ1) is 16.0. The van der Waals surface area contributed by atoms with Crippen molar-refractivity contribution in [3.05, 3.63) is 95.2 Å². The minimum absolute atomic E-state index is 0.0879. The molecule has 3 aromatic carbocycles. The number of ketones is 1. The number of hydrogen-bond acceptors (Lipinski definition) is 5. The van der Waals surface area contributed by atoms with E-state index in [-0.39, 0.29) is 17.0 Å². The fraction of sp³-hybridized carbons (Fsp3) is 0.115. The molecule has 0 spiro atoms. The number of aromatic amines is 1. The number of aromatic nitrogens is 2. The van der Waals surface area contributed by atoms with E-state index in [4.69, 9.17) is 9.47 Å². The number of benzene rings is 3. The number of anilines is 1. The van der Waals surface area contributed by atoms with Crippen LogP contribution in [0.1, 0.15) is 32.0 Å². The molecule has 0 saturated heterocycles. The van der Waals surface area contributed by atoms with Gasteiger partial charge in [-0.15, -0.1) is 0 Å². The lowest BCUT2D eigenvalue weighted by atomic mass is 9.97. The fourth-order valence-corrected chi connectivity index (χ4v) is 3.47. The van der Waals surface area contributed by atoms with Crippen molar-refractivity contribution in [1.29, 1.82) is 0 Å². The Morgan fingerprint density at radius 2 is 1.45 bits per heavy atom. The van der Waals surface area contributed by atoms with E-state index in [1.54, 1.807) is 68.8 Å². The smallest absolute Gasteiger partial charge is 0.274 e. The summed E-state index contributed by atoms with van der Waals surface area (Å²) in [6.07, 6.45) is 0. The number of rotatable bonds is 7. The third kappa shape index (κ3) is 4.48. The Balaban J connectivity index is 1.78. The van der Waals surface area contributed by atoms with Gasteiger partial charge in [-0.3, -0.25) is 14.7 Å². The average molecular weight is 441 g/mol. The van der Waals surface area contributed by atoms with Gasteiger partial charge in [-0.2, -0.15) is 5.10 Å². The highest BCUT2D eigenvalue weighted by atomic mass is 16.5. The molecule has 0 fully saturated rings. The molecule has 7 heteroatoms. The van der Waals surface area contributed by atoms with E-state index < -0.39 is 5.91 Å². The molecule has 0 atom stereocenters. The molecule has 4 rings (SSSR count). The van der Waals surface area contributed by atoms with Crippen LogP contribution in [0.15, 0.2) is 72.8 Å². The van der Waals surface area contributed by atoms with Gasteiger partial charge < -0.3 is 14.8 Å². The zero-order valence-corrected chi connectivity index (χ0v) is 18.5. The Labute approximate surface area is 191 Å². The number of carbonyl (C=O) groups excluding carboxylic acids is 2. The second-order valence-electron chi connectivity index (χ2n) is 7.38. The highest BCUT2D eigenvalue weighted by molar-refractivity contribution is 6.19. The number of para-hydroxylation sites is 1. The Morgan fingerprint density at radius 1 is 0.848 bits per heavy atom. The number of methoxy groups -OCH3 is 2. The van der Waals surface area contributed by atoms with Crippen molar-refractivity contribution in [2.75, 3.05) is 19.5 Å². The quantitative estimate of drug-likeness (QED) is 0.399. The van der Waals surface area contributed by atoms with E-state index in [2.05, 4.69) is 15.5 Å². The van der Waals surface area contributed by atoms with Gasteiger partial charge in [0, 0.05) is 16.8 Å². The maximum atomic E-state index is 13.6. The number of H-pyrrole nitrogens is 1. The van der Waals surface area contributed by atoms with Crippen molar-refractivity contribution in [3.8, 4) is 22.8 Å². The second-order valence-corrected chi connectivity index (χ2v) is 7.38. The number of hydrogen-bond donors (Lipinski definition) is 2. The van der Waals surface area contributed by atoms with Crippen LogP contribution in [-0.2, 0) is 0 Å². The van der Waals surface area contributed by atoms with E-state index in [0.29, 0.717) is 34.0 Å². The van der Waals surface area contributed by atoms with Crippen molar-refractivity contribution in [3.63, 3.8) is 0 Å². The summed E-state index contributed by atoms with van der Waals surface area (Å²) >= 11 is 0. The normalized spacial score (nSPS) is 10.5. The molecule has 0 saturated carbocycles. The van der Waals surface area contributed by atoms with E-state index in [9.17, 15) is 9.59 Å². The van der Waals surface area contributed by atoms with E-state index >= 15 is 0 Å². The van der Waals surface area contributed by atoms with Crippen molar-refractivity contribution >= 4 is 17.4 Å². The van der Waals surface area contributed by atoms with Crippen LogP contribution < -0.4 is 14.8 Å². The van der Waals surface area contributed by atoms with Crippen LogP contribution in [0.2, 0.25) is 0 Å². The molecule has 0 aliphatic carbocycles. The lowest BCUT2D eigenvalue weighted by Gasteiger charge is -2.09. The van der Waals surface area contributed by atoms with E-state index in [1.807, 2.05) is 25.1 Å². The second kappa shape index (κ2) is 9.40. The summed E-state index contributed by atoms with van der Waals surface area (Å²) in [7, 11) is 3.14. The summed E-state index contributed by atoms with van der Waals surface area (Å²) in [4.78, 5) is 26.8. The van der Waals surface area contributed by atoms with Gasteiger partial charge in [0.15, 0.2) is 5.78 Å². The molecule has 1 amide bonds. The number of carbonyl (C=O) groups is 2. The van der Waals surface area contributed by atoms with Crippen LogP contribution in [0, 0.1) is 6.92 Å². The Morgan fingerprint density at radius 3 is 2.06 bits per heavy atom. The molecule has 166 valence electrons. The van der Waals surface area contributed by atoms with Crippen molar-refractivity contribution in [2.24, 2.45) is 0 Å². The molecule has 0 radical (unpaired) electrons. The van der Waals surface area contributed by atoms with E-state index in [0.717, 1.165) is 5.56 Å². The molecule has 7 nitrogen and oxygen atoms in total. The monoisotopic (exact) mass is 441 g/mol. The van der Waals surface area contributed by atoms with Crippen molar-refractivity contribution in [1.82, 2.24) is 10.2 Å². The molecule has 0 aliphatic heterocycles. The Bertz CT molecular complexity index is 1290. The first-order valence-electron chi connectivity index (χ1n) is 10.3. The molecule has 33 heavy (non-hydrogen) atoms. The van der Waals surface area contributed by atoms with Gasteiger partial charge in [0.1, 0.15) is 22.9 Å². The molecule has 0 aliphatic rings. The minimum Gasteiger partial charge on any atom is -0.497 e. The third-order valence-electron chi connectivity index (χ3n) is 5.33. The number of nitrogens with one attached hydrogen (secondary N) is 2. The number of nitrogens with zero attached hydrogens (tertiary/aromatic N) is 1. The first-order valence-corrected chi connectivity index (χ1v) is 10.3. The van der Waals surface area contributed by atoms with Crippen molar-refractivity contribution in [2.45, 2.75) is 6.92 Å². The fourth-order valence-electron chi connectivity index (χ4n) is 3.47. The summed E-state index contributed by atoms with van der Waals surface area (Å²) in [5.74, 6) is 0.530. The first kappa shape index (κ1) is 21.8. The maximum absolute atomic E-state index is 13.6. The van der Waals surface area contributed by atoms with Crippen LogP contribution in [-0.4, -0.2) is 36.1 Å². The standard InChI is InChI=1S/C26H23N3O4/c1-16-6-4-5-7-21(16)27-26(31)24-22(25(30)18-10-14-20(33-3)15-11-18)23(28-29-24)17-8-12-19(32-2)13-9-17/h4-15H,1-3H3,(H,27,31)(H,28,29). The summed E-state index contributed by atoms with van der Waals surface area (Å²) in [5, 5.41) is 9.98. The van der Waals surface area contributed by atoms with Gasteiger partial charge in [-0.1, -0.05) is 18.2 Å². The largest absolute Gasteiger partial charge is 0.497 e. The number of aryl methyl sites for hydroxylation is 1. The molecule has 1 heterocycles. The van der Waals surface area contributed by atoms with Gasteiger partial charge in [0.25, 0.3) is 5.91 Å². The number of ether oxygens (including phenoxy) is 2. The SMILES string of the molecule is COc1ccc(C(=O)c2c(-c3ccc(OC)cc3)n[nH]c2C(=O)Nc2ccccc2C)cc1. The molecule has 0 bridgehead atoms. The molecular weight excluding hydrogens is 418 g/mol. The van der Waals surface area contributed by atoms with Crippen LogP contribution in [0.4, 0.5) is 5.69 Å². The van der Waals surface area contributed by atoms with Crippen LogP contribution >= 0.6 is 0 Å². The molecule has 2 N–H and O–H groups in total. The van der Waals surface area contributed by atoms with Crippen LogP contribution in [0.5, 0.6) is 11.5 Å². The van der Waals surface area contributed by atoms with E-state index in [1.165, 1.54) is 0 Å². The molecule has 1 aromatic heterocycles. The van der Waals surface area contributed by atoms with Gasteiger partial charge >= 0.3 is 0 Å². The molecule has 0 unspecified atom stereocenters. The summed E-state index contributed by atoms with van der Waals surface area (Å²) in [6, 6.07) is 21.3. The van der Waals surface area contributed by atoms with Crippen LogP contribution in [0.3, 0.4) is 0 Å². The minimum atomic E-state index is -0.451. The lowest BCUT2D eigenvalue weighted by Crippen LogP contribution is -2.17. The summed E-state index contributed by atoms with van der Waals surface area (Å²) in [5.41, 5.74) is 3.32. The summed E-state index contributed by atoms with van der Waals surface area (Å²) < 4.78 is 10.4. The van der Waals surface area contributed by atoms with Crippen molar-refractivity contribution < 1.29 is 19.1 Å². The highest BCUT2D eigenvalue weighted by Crippen LogP contribution is 2.29. The summed E-state index contributed by atoms with van der Waals surface area (Å²) in [6.45, 7) is 1.90. The zero-order valence-electron chi connectivity index (χ0n) is 18.5. The Kier molecular flexibility index (Phi) is 6.22. The average Bonchev–Trinajstić information content (AvgIpc) is 3.30. The highest BCUT2D eigenvalue weighted by Gasteiger charge is 2.27. The van der Waals surface area contributed by atoms with Gasteiger partial charge in [-0.05, 0) is 67.1 Å². The predicted octanol–water partition coefficient (Wildman–Crippen LogP) is 4.89. The van der Waals surface area contributed by atoms with Gasteiger partial charge in [0.05, 0.1) is 19.8 Å². The lowest BCUT2D eigenvalue weighted by molar-refractivity contribution is 0.0994. The molecular formula is C26H23N3O4. The maximum Gasteiger partial charge on any atom is 0.274 e. The van der Waals surface area contributed by atoms with Crippen LogP contribution in [0.25, 0.3) is 11.3 Å². The van der Waals surface area contributed by atoms with Gasteiger partial charge in [0.2, 0.25) is 0 Å².